The zero-order chi connectivity index (χ0) is 21.9. The quantitative estimate of drug-likeness (QED) is 0.459. The second-order valence-electron chi connectivity index (χ2n) is 8.55. The average molecular weight is 440 g/mol. The summed E-state index contributed by atoms with van der Waals surface area (Å²) in [5.41, 5.74) is 2.29. The van der Waals surface area contributed by atoms with Crippen molar-refractivity contribution in [2.45, 2.75) is 69.3 Å². The third-order valence-electron chi connectivity index (χ3n) is 6.32. The normalized spacial score (nSPS) is 26.2. The summed E-state index contributed by atoms with van der Waals surface area (Å²) in [6.45, 7) is 0.911. The molecule has 1 saturated carbocycles. The zero-order valence-electron chi connectivity index (χ0n) is 17.9. The highest BCUT2D eigenvalue weighted by molar-refractivity contribution is 5.82. The molecule has 2 aromatic heterocycles. The van der Waals surface area contributed by atoms with E-state index in [2.05, 4.69) is 20.3 Å². The number of imidazole rings is 1. The molecule has 5 rings (SSSR count). The van der Waals surface area contributed by atoms with Gasteiger partial charge in [0.1, 0.15) is 18.5 Å². The number of nitrogens with one attached hydrogen (secondary N) is 1. The van der Waals surface area contributed by atoms with Crippen LogP contribution in [0.25, 0.3) is 11.2 Å². The van der Waals surface area contributed by atoms with E-state index in [0.717, 1.165) is 18.4 Å². The number of hydrogen-bond donors (Lipinski definition) is 3. The number of hydrogen-bond acceptors (Lipinski definition) is 8. The molecule has 0 amide bonds. The van der Waals surface area contributed by atoms with Gasteiger partial charge in [-0.25, -0.2) is 15.0 Å². The van der Waals surface area contributed by atoms with Crippen LogP contribution in [0, 0.1) is 0 Å². The highest BCUT2D eigenvalue weighted by Gasteiger charge is 2.44. The first kappa shape index (κ1) is 21.3. The summed E-state index contributed by atoms with van der Waals surface area (Å²) >= 11 is 0. The van der Waals surface area contributed by atoms with Crippen LogP contribution in [0.2, 0.25) is 0 Å². The molecule has 9 heteroatoms. The number of aliphatic hydroxyl groups is 2. The number of aliphatic hydroxyl groups excluding tert-OH is 2. The summed E-state index contributed by atoms with van der Waals surface area (Å²) < 4.78 is 13.4. The molecule has 2 aliphatic rings. The van der Waals surface area contributed by atoms with Gasteiger partial charge in [-0.15, -0.1) is 0 Å². The topological polar surface area (TPSA) is 115 Å². The Balaban J connectivity index is 1.24. The Labute approximate surface area is 186 Å². The summed E-state index contributed by atoms with van der Waals surface area (Å²) in [4.78, 5) is 13.2. The van der Waals surface area contributed by atoms with Gasteiger partial charge in [0.15, 0.2) is 23.2 Å². The lowest BCUT2D eigenvalue weighted by Gasteiger charge is -2.17. The molecular weight excluding hydrogens is 410 g/mol. The van der Waals surface area contributed by atoms with E-state index >= 15 is 0 Å². The number of benzene rings is 1. The second-order valence-corrected chi connectivity index (χ2v) is 8.55. The van der Waals surface area contributed by atoms with E-state index in [1.165, 1.54) is 19.2 Å². The predicted molar refractivity (Wildman–Crippen MR) is 118 cm³/mol. The highest BCUT2D eigenvalue weighted by atomic mass is 16.6. The van der Waals surface area contributed by atoms with Crippen molar-refractivity contribution >= 4 is 17.0 Å². The third-order valence-corrected chi connectivity index (χ3v) is 6.32. The SMILES string of the molecule is O[C@@H]1[C@H](O)[C@@H](CCOCc2ccccc2)O[C@H]1n1cnc2c(NC3CCCC3)ncnc21. The monoisotopic (exact) mass is 439 g/mol. The molecule has 0 spiro atoms. The number of anilines is 1. The fourth-order valence-electron chi connectivity index (χ4n) is 4.57. The summed E-state index contributed by atoms with van der Waals surface area (Å²) in [5, 5.41) is 24.7. The van der Waals surface area contributed by atoms with Crippen LogP contribution in [0.5, 0.6) is 0 Å². The summed E-state index contributed by atoms with van der Waals surface area (Å²) in [7, 11) is 0. The maximum atomic E-state index is 10.7. The lowest BCUT2D eigenvalue weighted by atomic mass is 10.1. The van der Waals surface area contributed by atoms with Crippen molar-refractivity contribution in [2.75, 3.05) is 11.9 Å². The van der Waals surface area contributed by atoms with Crippen LogP contribution in [0.1, 0.15) is 43.9 Å². The number of rotatable bonds is 8. The van der Waals surface area contributed by atoms with Crippen molar-refractivity contribution < 1.29 is 19.7 Å². The lowest BCUT2D eigenvalue weighted by molar-refractivity contribution is -0.0451. The number of ether oxygens (including phenoxy) is 2. The van der Waals surface area contributed by atoms with Crippen LogP contribution in [0.4, 0.5) is 5.82 Å². The molecule has 4 atom stereocenters. The predicted octanol–water partition coefficient (Wildman–Crippen LogP) is 2.41. The molecule has 32 heavy (non-hydrogen) atoms. The molecule has 1 saturated heterocycles. The Hall–Kier alpha value is -2.59. The van der Waals surface area contributed by atoms with Gasteiger partial charge in [-0.1, -0.05) is 43.2 Å². The first-order valence-electron chi connectivity index (χ1n) is 11.3. The molecule has 0 unspecified atom stereocenters. The minimum atomic E-state index is -1.09. The Bertz CT molecular complexity index is 1020. The van der Waals surface area contributed by atoms with E-state index in [1.54, 1.807) is 10.9 Å². The molecule has 1 aromatic carbocycles. The van der Waals surface area contributed by atoms with Crippen LogP contribution >= 0.6 is 0 Å². The van der Waals surface area contributed by atoms with E-state index < -0.39 is 24.5 Å². The molecular formula is C23H29N5O4. The van der Waals surface area contributed by atoms with Crippen molar-refractivity contribution in [1.82, 2.24) is 19.5 Å². The maximum absolute atomic E-state index is 10.7. The summed E-state index contributed by atoms with van der Waals surface area (Å²) in [6, 6.07) is 10.3. The third kappa shape index (κ3) is 4.33. The molecule has 1 aliphatic carbocycles. The van der Waals surface area contributed by atoms with Crippen LogP contribution in [-0.4, -0.2) is 60.7 Å². The van der Waals surface area contributed by atoms with E-state index in [9.17, 15) is 10.2 Å². The Morgan fingerprint density at radius 1 is 1.06 bits per heavy atom. The van der Waals surface area contributed by atoms with Gasteiger partial charge < -0.3 is 25.0 Å². The highest BCUT2D eigenvalue weighted by Crippen LogP contribution is 2.34. The smallest absolute Gasteiger partial charge is 0.167 e. The van der Waals surface area contributed by atoms with E-state index in [-0.39, 0.29) is 0 Å². The molecule has 0 radical (unpaired) electrons. The van der Waals surface area contributed by atoms with E-state index in [0.29, 0.717) is 42.7 Å². The van der Waals surface area contributed by atoms with Gasteiger partial charge in [0, 0.05) is 12.6 Å². The lowest BCUT2D eigenvalue weighted by Crippen LogP contribution is -2.32. The number of nitrogens with zero attached hydrogens (tertiary/aromatic N) is 4. The molecule has 1 aliphatic heterocycles. The molecule has 170 valence electrons. The van der Waals surface area contributed by atoms with Gasteiger partial charge in [-0.2, -0.15) is 0 Å². The van der Waals surface area contributed by atoms with Gasteiger partial charge in [0.05, 0.1) is 19.0 Å². The Morgan fingerprint density at radius 3 is 2.69 bits per heavy atom. The number of fused-ring (bicyclic) bond motifs is 1. The summed E-state index contributed by atoms with van der Waals surface area (Å²) in [5.74, 6) is 0.694. The molecule has 3 N–H and O–H groups in total. The van der Waals surface area contributed by atoms with Gasteiger partial charge in [0.25, 0.3) is 0 Å². The maximum Gasteiger partial charge on any atom is 0.167 e. The van der Waals surface area contributed by atoms with Crippen LogP contribution < -0.4 is 5.32 Å². The van der Waals surface area contributed by atoms with Crippen molar-refractivity contribution in [3.63, 3.8) is 0 Å². The first-order valence-corrected chi connectivity index (χ1v) is 11.3. The van der Waals surface area contributed by atoms with Crippen LogP contribution in [0.15, 0.2) is 43.0 Å². The van der Waals surface area contributed by atoms with Crippen molar-refractivity contribution in [3.05, 3.63) is 48.5 Å². The largest absolute Gasteiger partial charge is 0.388 e. The average Bonchev–Trinajstić information content (AvgIpc) is 3.54. The van der Waals surface area contributed by atoms with Gasteiger partial charge >= 0.3 is 0 Å². The van der Waals surface area contributed by atoms with Crippen molar-refractivity contribution in [1.29, 1.82) is 0 Å². The fraction of sp³-hybridized carbons (Fsp3) is 0.522. The molecule has 9 nitrogen and oxygen atoms in total. The Morgan fingerprint density at radius 2 is 1.88 bits per heavy atom. The van der Waals surface area contributed by atoms with Gasteiger partial charge in [-0.05, 0) is 24.8 Å². The van der Waals surface area contributed by atoms with E-state index in [1.807, 2.05) is 30.3 Å². The minimum absolute atomic E-state index is 0.397. The number of aromatic nitrogens is 4. The molecule has 0 bridgehead atoms. The summed E-state index contributed by atoms with van der Waals surface area (Å²) in [6.07, 6.45) is 4.81. The van der Waals surface area contributed by atoms with Crippen LogP contribution in [-0.2, 0) is 16.1 Å². The van der Waals surface area contributed by atoms with Crippen molar-refractivity contribution in [3.8, 4) is 0 Å². The zero-order valence-corrected chi connectivity index (χ0v) is 17.9. The van der Waals surface area contributed by atoms with Gasteiger partial charge in [-0.3, -0.25) is 4.57 Å². The first-order chi connectivity index (χ1) is 15.7. The van der Waals surface area contributed by atoms with Crippen LogP contribution in [0.3, 0.4) is 0 Å². The Kier molecular flexibility index (Phi) is 6.31. The molecule has 3 aromatic rings. The molecule has 3 heterocycles. The standard InChI is InChI=1S/C23H29N5O4/c29-19-17(10-11-31-12-15-6-2-1-3-7-15)32-23(20(19)30)28-14-26-18-21(24-13-25-22(18)28)27-16-8-4-5-9-16/h1-3,6-7,13-14,16-17,19-20,23,29-30H,4-5,8-12H2,(H,24,25,27)/t17-,19-,20-,23-/m1/s1. The van der Waals surface area contributed by atoms with Gasteiger partial charge in [0.2, 0.25) is 0 Å². The minimum Gasteiger partial charge on any atom is -0.388 e. The fourth-order valence-corrected chi connectivity index (χ4v) is 4.57. The molecule has 2 fully saturated rings. The van der Waals surface area contributed by atoms with Crippen molar-refractivity contribution in [2.24, 2.45) is 0 Å². The van der Waals surface area contributed by atoms with E-state index in [4.69, 9.17) is 9.47 Å². The second kappa shape index (κ2) is 9.50.